The second-order valence-electron chi connectivity index (χ2n) is 5.89. The lowest BCUT2D eigenvalue weighted by molar-refractivity contribution is 0.136. The topological polar surface area (TPSA) is 23.5 Å². The third-order valence-corrected chi connectivity index (χ3v) is 4.42. The fourth-order valence-corrected chi connectivity index (χ4v) is 2.58. The van der Waals surface area contributed by atoms with Crippen LogP contribution in [-0.2, 0) is 0 Å². The fraction of sp³-hybridized carbons (Fsp3) is 0.667. The molecule has 21 heavy (non-hydrogen) atoms. The van der Waals surface area contributed by atoms with Crippen LogP contribution in [0.3, 0.4) is 0 Å². The van der Waals surface area contributed by atoms with E-state index >= 15 is 0 Å². The summed E-state index contributed by atoms with van der Waals surface area (Å²) in [6.07, 6.45) is 2.45. The van der Waals surface area contributed by atoms with Gasteiger partial charge in [0.2, 0.25) is 0 Å². The molecule has 1 unspecified atom stereocenters. The zero-order valence-corrected chi connectivity index (χ0v) is 13.9. The number of halogens is 1. The minimum absolute atomic E-state index is 0.240. The summed E-state index contributed by atoms with van der Waals surface area (Å²) in [7, 11) is 0. The van der Waals surface area contributed by atoms with Crippen molar-refractivity contribution in [2.75, 3.05) is 19.6 Å². The Labute approximate surface area is 129 Å². The molecular weight excluding hydrogens is 265 g/mol. The molecule has 0 saturated heterocycles. The Morgan fingerprint density at radius 1 is 1.19 bits per heavy atom. The monoisotopic (exact) mass is 295 g/mol. The minimum Gasteiger partial charge on any atom is -0.388 e. The summed E-state index contributed by atoms with van der Waals surface area (Å²) in [5.74, 6) is 0.481. The molecule has 1 N–H and O–H groups in total. The van der Waals surface area contributed by atoms with Crippen LogP contribution in [0.2, 0.25) is 0 Å². The van der Waals surface area contributed by atoms with Gasteiger partial charge in [0, 0.05) is 13.1 Å². The number of rotatable bonds is 9. The molecule has 0 saturated carbocycles. The summed E-state index contributed by atoms with van der Waals surface area (Å²) < 4.78 is 13.5. The van der Waals surface area contributed by atoms with Gasteiger partial charge in [0.05, 0.1) is 6.10 Å². The summed E-state index contributed by atoms with van der Waals surface area (Å²) in [6.45, 7) is 11.3. The van der Waals surface area contributed by atoms with Gasteiger partial charge in [-0.25, -0.2) is 4.39 Å². The number of aliphatic hydroxyl groups excluding tert-OH is 1. The van der Waals surface area contributed by atoms with Crippen molar-refractivity contribution < 1.29 is 9.50 Å². The average molecular weight is 295 g/mol. The van der Waals surface area contributed by atoms with Gasteiger partial charge in [-0.15, -0.1) is 0 Å². The highest BCUT2D eigenvalue weighted by atomic mass is 19.1. The summed E-state index contributed by atoms with van der Waals surface area (Å²) in [5.41, 5.74) is 1.30. The van der Waals surface area contributed by atoms with E-state index < -0.39 is 6.10 Å². The molecule has 0 amide bonds. The lowest BCUT2D eigenvalue weighted by Crippen LogP contribution is -2.31. The van der Waals surface area contributed by atoms with Crippen LogP contribution in [0.25, 0.3) is 0 Å². The Morgan fingerprint density at radius 2 is 1.86 bits per heavy atom. The second-order valence-corrected chi connectivity index (χ2v) is 5.89. The number of hydrogen-bond acceptors (Lipinski definition) is 2. The van der Waals surface area contributed by atoms with E-state index in [1.165, 1.54) is 18.9 Å². The van der Waals surface area contributed by atoms with E-state index in [1.807, 2.05) is 6.07 Å². The molecular formula is C18H30FNO. The van der Waals surface area contributed by atoms with Crippen LogP contribution >= 0.6 is 0 Å². The lowest BCUT2D eigenvalue weighted by atomic mass is 10.0. The van der Waals surface area contributed by atoms with E-state index in [1.54, 1.807) is 13.0 Å². The molecule has 0 aliphatic rings. The number of nitrogens with zero attached hydrogens (tertiary/aromatic N) is 1. The normalized spacial score (nSPS) is 13.1. The molecule has 1 aromatic carbocycles. The van der Waals surface area contributed by atoms with E-state index in [9.17, 15) is 9.50 Å². The van der Waals surface area contributed by atoms with Gasteiger partial charge in [-0.05, 0) is 43.0 Å². The Morgan fingerprint density at radius 3 is 2.38 bits per heavy atom. The first kappa shape index (κ1) is 18.1. The minimum atomic E-state index is -0.587. The first-order valence-corrected chi connectivity index (χ1v) is 8.18. The molecule has 2 nitrogen and oxygen atoms in total. The van der Waals surface area contributed by atoms with Crippen molar-refractivity contribution in [3.8, 4) is 0 Å². The molecule has 1 aromatic rings. The van der Waals surface area contributed by atoms with Gasteiger partial charge < -0.3 is 10.0 Å². The van der Waals surface area contributed by atoms with Crippen LogP contribution in [0.1, 0.15) is 57.3 Å². The molecule has 0 fully saturated rings. The van der Waals surface area contributed by atoms with E-state index in [-0.39, 0.29) is 5.82 Å². The first-order valence-electron chi connectivity index (χ1n) is 8.18. The fourth-order valence-electron chi connectivity index (χ4n) is 2.58. The third kappa shape index (κ3) is 5.76. The standard InChI is InChI=1S/C18H30FNO/c1-5-15(6-2)13-20(7-3)11-10-18(21)16-9-8-14(4)17(19)12-16/h8-9,12,15,18,21H,5-7,10-11,13H2,1-4H3. The average Bonchev–Trinajstić information content (AvgIpc) is 2.50. The summed E-state index contributed by atoms with van der Waals surface area (Å²) in [5, 5.41) is 10.2. The Hall–Kier alpha value is -0.930. The van der Waals surface area contributed by atoms with Crippen LogP contribution in [0, 0.1) is 18.7 Å². The molecule has 0 radical (unpaired) electrons. The highest BCUT2D eigenvalue weighted by Gasteiger charge is 2.14. The van der Waals surface area contributed by atoms with Crippen molar-refractivity contribution in [3.63, 3.8) is 0 Å². The molecule has 0 spiro atoms. The van der Waals surface area contributed by atoms with Gasteiger partial charge >= 0.3 is 0 Å². The van der Waals surface area contributed by atoms with Gasteiger partial charge in [-0.3, -0.25) is 0 Å². The Bertz CT molecular complexity index is 418. The molecule has 0 bridgehead atoms. The predicted octanol–water partition coefficient (Wildman–Crippen LogP) is 4.32. The maximum Gasteiger partial charge on any atom is 0.126 e. The van der Waals surface area contributed by atoms with E-state index in [0.717, 1.165) is 25.6 Å². The highest BCUT2D eigenvalue weighted by molar-refractivity contribution is 5.24. The quantitative estimate of drug-likeness (QED) is 0.733. The molecule has 1 atom stereocenters. The molecule has 120 valence electrons. The number of aliphatic hydroxyl groups is 1. The van der Waals surface area contributed by atoms with Crippen LogP contribution < -0.4 is 0 Å². The zero-order valence-electron chi connectivity index (χ0n) is 13.9. The van der Waals surface area contributed by atoms with Gasteiger partial charge in [0.15, 0.2) is 0 Å². The second kappa shape index (κ2) is 9.16. The number of benzene rings is 1. The molecule has 0 aliphatic carbocycles. The molecule has 0 aliphatic heterocycles. The van der Waals surface area contributed by atoms with Crippen molar-refractivity contribution in [3.05, 3.63) is 35.1 Å². The van der Waals surface area contributed by atoms with Crippen LogP contribution in [0.5, 0.6) is 0 Å². The van der Waals surface area contributed by atoms with Crippen LogP contribution in [0.15, 0.2) is 18.2 Å². The largest absolute Gasteiger partial charge is 0.388 e. The van der Waals surface area contributed by atoms with Crippen molar-refractivity contribution in [1.29, 1.82) is 0 Å². The summed E-state index contributed by atoms with van der Waals surface area (Å²) in [4.78, 5) is 2.38. The van der Waals surface area contributed by atoms with E-state index in [4.69, 9.17) is 0 Å². The molecule has 1 rings (SSSR count). The van der Waals surface area contributed by atoms with Crippen LogP contribution in [0.4, 0.5) is 4.39 Å². The van der Waals surface area contributed by atoms with E-state index in [0.29, 0.717) is 17.5 Å². The zero-order chi connectivity index (χ0) is 15.8. The maximum absolute atomic E-state index is 13.5. The predicted molar refractivity (Wildman–Crippen MR) is 86.9 cm³/mol. The molecule has 0 aromatic heterocycles. The van der Waals surface area contributed by atoms with Gasteiger partial charge in [0.1, 0.15) is 5.82 Å². The van der Waals surface area contributed by atoms with Crippen molar-refractivity contribution in [2.24, 2.45) is 5.92 Å². The Kier molecular flexibility index (Phi) is 7.91. The van der Waals surface area contributed by atoms with Gasteiger partial charge in [0.25, 0.3) is 0 Å². The maximum atomic E-state index is 13.5. The van der Waals surface area contributed by atoms with Gasteiger partial charge in [-0.2, -0.15) is 0 Å². The van der Waals surface area contributed by atoms with Crippen molar-refractivity contribution in [1.82, 2.24) is 4.90 Å². The molecule has 0 heterocycles. The third-order valence-electron chi connectivity index (χ3n) is 4.42. The smallest absolute Gasteiger partial charge is 0.126 e. The van der Waals surface area contributed by atoms with Crippen molar-refractivity contribution in [2.45, 2.75) is 53.1 Å². The lowest BCUT2D eigenvalue weighted by Gasteiger charge is -2.26. The summed E-state index contributed by atoms with van der Waals surface area (Å²) in [6, 6.07) is 5.01. The van der Waals surface area contributed by atoms with Crippen LogP contribution in [-0.4, -0.2) is 29.6 Å². The Balaban J connectivity index is 2.53. The SMILES string of the molecule is CCC(CC)CN(CC)CCC(O)c1ccc(C)c(F)c1. The number of aryl methyl sites for hydroxylation is 1. The molecule has 3 heteroatoms. The van der Waals surface area contributed by atoms with Crippen molar-refractivity contribution >= 4 is 0 Å². The first-order chi connectivity index (χ1) is 10.0. The highest BCUT2D eigenvalue weighted by Crippen LogP contribution is 2.20. The summed E-state index contributed by atoms with van der Waals surface area (Å²) >= 11 is 0. The van der Waals surface area contributed by atoms with E-state index in [2.05, 4.69) is 25.7 Å². The van der Waals surface area contributed by atoms with Gasteiger partial charge in [-0.1, -0.05) is 45.7 Å². The number of hydrogen-bond donors (Lipinski definition) is 1.